The fraction of sp³-hybridized carbons (Fsp3) is 0.308. The first-order valence-electron chi connectivity index (χ1n) is 6.16. The third-order valence-electron chi connectivity index (χ3n) is 3.12. The molecule has 1 atom stereocenters. The monoisotopic (exact) mass is 328 g/mol. The molecule has 0 aliphatic heterocycles. The molecule has 0 aliphatic carbocycles. The molecule has 0 fully saturated rings. The minimum atomic E-state index is 0.149. The summed E-state index contributed by atoms with van der Waals surface area (Å²) in [5, 5.41) is 8.66. The van der Waals surface area contributed by atoms with Gasteiger partial charge in [-0.1, -0.05) is 36.2 Å². The van der Waals surface area contributed by atoms with Crippen molar-refractivity contribution in [2.45, 2.75) is 26.3 Å². The molecule has 1 aromatic carbocycles. The molecule has 1 heterocycles. The summed E-state index contributed by atoms with van der Waals surface area (Å²) >= 11 is 13.5. The van der Waals surface area contributed by atoms with Gasteiger partial charge in [0.15, 0.2) is 5.82 Å². The van der Waals surface area contributed by atoms with Gasteiger partial charge in [-0.25, -0.2) is 0 Å². The fourth-order valence-corrected chi connectivity index (χ4v) is 2.96. The van der Waals surface area contributed by atoms with E-state index in [1.807, 2.05) is 6.92 Å². The molecular formula is C13H14Cl2N4S. The molecular weight excluding hydrogens is 315 g/mol. The number of nitrogens with zero attached hydrogens (tertiary/aromatic N) is 3. The Morgan fingerprint density at radius 1 is 1.35 bits per heavy atom. The van der Waals surface area contributed by atoms with Crippen LogP contribution < -0.4 is 4.90 Å². The number of halogens is 2. The number of benzene rings is 1. The average Bonchev–Trinajstić information content (AvgIpc) is 2.88. The lowest BCUT2D eigenvalue weighted by molar-refractivity contribution is 0.701. The Kier molecular flexibility index (Phi) is 4.96. The smallest absolute Gasteiger partial charge is 0.176 e. The number of anilines is 1. The zero-order chi connectivity index (χ0) is 14.7. The second-order valence-electron chi connectivity index (χ2n) is 4.33. The molecule has 0 amide bonds. The highest BCUT2D eigenvalue weighted by Gasteiger charge is 2.22. The molecule has 0 radical (unpaired) electrons. The van der Waals surface area contributed by atoms with Crippen LogP contribution in [-0.4, -0.2) is 21.1 Å². The number of hydrogen-bond acceptors (Lipinski definition) is 4. The van der Waals surface area contributed by atoms with Crippen LogP contribution in [0.5, 0.6) is 0 Å². The number of nitrogens with one attached hydrogen (secondary N) is 1. The highest BCUT2D eigenvalue weighted by molar-refractivity contribution is 6.99. The summed E-state index contributed by atoms with van der Waals surface area (Å²) in [7, 11) is 0. The Bertz CT molecular complexity index is 594. The van der Waals surface area contributed by atoms with E-state index >= 15 is 0 Å². The second kappa shape index (κ2) is 6.52. The molecule has 2 rings (SSSR count). The Morgan fingerprint density at radius 2 is 2.00 bits per heavy atom. The van der Waals surface area contributed by atoms with Crippen LogP contribution in [-0.2, 0) is 0 Å². The highest BCUT2D eigenvalue weighted by atomic mass is 35.5. The lowest BCUT2D eigenvalue weighted by Crippen LogP contribution is -2.31. The van der Waals surface area contributed by atoms with Gasteiger partial charge in [0.2, 0.25) is 0 Å². The number of aromatic nitrogens is 2. The van der Waals surface area contributed by atoms with Gasteiger partial charge >= 0.3 is 0 Å². The molecule has 1 aromatic heterocycles. The first-order valence-corrected chi connectivity index (χ1v) is 7.64. The van der Waals surface area contributed by atoms with E-state index in [-0.39, 0.29) is 6.04 Å². The molecule has 20 heavy (non-hydrogen) atoms. The van der Waals surface area contributed by atoms with Gasteiger partial charge in [-0.2, -0.15) is 8.75 Å². The van der Waals surface area contributed by atoms with E-state index < -0.39 is 0 Å². The van der Waals surface area contributed by atoms with Gasteiger partial charge in [0.25, 0.3) is 0 Å². The highest BCUT2D eigenvalue weighted by Crippen LogP contribution is 2.38. The molecule has 0 spiro atoms. The van der Waals surface area contributed by atoms with Crippen molar-refractivity contribution in [2.75, 3.05) is 4.90 Å². The zero-order valence-electron chi connectivity index (χ0n) is 11.1. The van der Waals surface area contributed by atoms with Crippen LogP contribution in [0.15, 0.2) is 18.2 Å². The maximum Gasteiger partial charge on any atom is 0.176 e. The first kappa shape index (κ1) is 15.2. The van der Waals surface area contributed by atoms with Crippen molar-refractivity contribution in [3.63, 3.8) is 0 Å². The summed E-state index contributed by atoms with van der Waals surface area (Å²) in [6.45, 7) is 4.09. The third-order valence-corrected chi connectivity index (χ3v) is 4.27. The van der Waals surface area contributed by atoms with Gasteiger partial charge in [0.1, 0.15) is 5.69 Å². The largest absolute Gasteiger partial charge is 0.312 e. The van der Waals surface area contributed by atoms with Crippen molar-refractivity contribution >= 4 is 47.1 Å². The topological polar surface area (TPSA) is 52.9 Å². The van der Waals surface area contributed by atoms with Crippen molar-refractivity contribution in [2.24, 2.45) is 0 Å². The van der Waals surface area contributed by atoms with E-state index in [0.717, 1.165) is 18.1 Å². The van der Waals surface area contributed by atoms with Gasteiger partial charge < -0.3 is 4.90 Å². The summed E-state index contributed by atoms with van der Waals surface area (Å²) in [6.07, 6.45) is 2.15. The maximum absolute atomic E-state index is 7.61. The van der Waals surface area contributed by atoms with Crippen LogP contribution in [0.2, 0.25) is 10.0 Å². The molecule has 7 heteroatoms. The lowest BCUT2D eigenvalue weighted by Gasteiger charge is -2.24. The SMILES string of the molecule is CCC(C)N(C=N)c1nsnc1-c1c(Cl)cccc1Cl. The van der Waals surface area contributed by atoms with E-state index in [1.165, 1.54) is 6.34 Å². The average molecular weight is 329 g/mol. The molecule has 1 N–H and O–H groups in total. The normalized spacial score (nSPS) is 12.2. The quantitative estimate of drug-likeness (QED) is 0.638. The molecule has 4 nitrogen and oxygen atoms in total. The summed E-state index contributed by atoms with van der Waals surface area (Å²) in [6, 6.07) is 5.47. The predicted molar refractivity (Wildman–Crippen MR) is 86.4 cm³/mol. The molecule has 0 aliphatic rings. The van der Waals surface area contributed by atoms with Gasteiger partial charge in [-0.3, -0.25) is 5.41 Å². The summed E-state index contributed by atoms with van der Waals surface area (Å²) in [5.41, 5.74) is 1.28. The van der Waals surface area contributed by atoms with E-state index in [0.29, 0.717) is 27.1 Å². The maximum atomic E-state index is 7.61. The van der Waals surface area contributed by atoms with Gasteiger partial charge in [0.05, 0.1) is 28.1 Å². The van der Waals surface area contributed by atoms with Crippen molar-refractivity contribution in [3.05, 3.63) is 28.2 Å². The van der Waals surface area contributed by atoms with Crippen molar-refractivity contribution < 1.29 is 0 Å². The summed E-state index contributed by atoms with van der Waals surface area (Å²) in [4.78, 5) is 1.78. The molecule has 0 saturated heterocycles. The van der Waals surface area contributed by atoms with Crippen LogP contribution in [0.1, 0.15) is 20.3 Å². The minimum Gasteiger partial charge on any atom is -0.312 e. The van der Waals surface area contributed by atoms with Crippen LogP contribution in [0.4, 0.5) is 5.82 Å². The van der Waals surface area contributed by atoms with Crippen LogP contribution in [0.25, 0.3) is 11.3 Å². The predicted octanol–water partition coefficient (Wildman–Crippen LogP) is 4.72. The lowest BCUT2D eigenvalue weighted by atomic mass is 10.1. The Morgan fingerprint density at radius 3 is 2.55 bits per heavy atom. The minimum absolute atomic E-state index is 0.149. The number of hydrogen-bond donors (Lipinski definition) is 1. The van der Waals surface area contributed by atoms with Crippen molar-refractivity contribution in [1.29, 1.82) is 5.41 Å². The molecule has 1 unspecified atom stereocenters. The van der Waals surface area contributed by atoms with Crippen LogP contribution >= 0.6 is 34.9 Å². The molecule has 2 aromatic rings. The third kappa shape index (κ3) is 2.80. The van der Waals surface area contributed by atoms with E-state index in [1.54, 1.807) is 23.1 Å². The molecule has 0 bridgehead atoms. The van der Waals surface area contributed by atoms with Gasteiger partial charge in [-0.15, -0.1) is 0 Å². The zero-order valence-corrected chi connectivity index (χ0v) is 13.4. The van der Waals surface area contributed by atoms with Crippen molar-refractivity contribution in [1.82, 2.24) is 8.75 Å². The summed E-state index contributed by atoms with van der Waals surface area (Å²) in [5.74, 6) is 0.620. The van der Waals surface area contributed by atoms with Crippen molar-refractivity contribution in [3.8, 4) is 11.3 Å². The summed E-state index contributed by atoms with van der Waals surface area (Å²) < 4.78 is 8.61. The van der Waals surface area contributed by atoms with Crippen LogP contribution in [0, 0.1) is 5.41 Å². The Labute approximate surface area is 132 Å². The van der Waals surface area contributed by atoms with E-state index in [9.17, 15) is 0 Å². The van der Waals surface area contributed by atoms with E-state index in [2.05, 4.69) is 15.7 Å². The Hall–Kier alpha value is -1.17. The molecule has 106 valence electrons. The molecule has 0 saturated carbocycles. The first-order chi connectivity index (χ1) is 9.60. The standard InChI is InChI=1S/C13H14Cl2N4S/c1-3-8(2)19(7-16)13-12(17-20-18-13)11-9(14)5-4-6-10(11)15/h4-8,16H,3H2,1-2H3. The second-order valence-corrected chi connectivity index (χ2v) is 5.67. The Balaban J connectivity index is 2.55. The van der Waals surface area contributed by atoms with Gasteiger partial charge in [0, 0.05) is 11.6 Å². The number of rotatable bonds is 5. The fourth-order valence-electron chi connectivity index (χ4n) is 1.83. The van der Waals surface area contributed by atoms with E-state index in [4.69, 9.17) is 28.6 Å². The van der Waals surface area contributed by atoms with Crippen LogP contribution in [0.3, 0.4) is 0 Å². The van der Waals surface area contributed by atoms with Gasteiger partial charge in [-0.05, 0) is 25.5 Å².